The molecular formula is C12H11N3O. The van der Waals surface area contributed by atoms with Gasteiger partial charge in [-0.15, -0.1) is 5.10 Å². The SMILES string of the molecule is Nc1nn(C2=CCOC=C2)c2ccccc12. The summed E-state index contributed by atoms with van der Waals surface area (Å²) in [4.78, 5) is 0. The van der Waals surface area contributed by atoms with Crippen LogP contribution in [0.3, 0.4) is 0 Å². The topological polar surface area (TPSA) is 53.1 Å². The molecule has 0 radical (unpaired) electrons. The Kier molecular flexibility index (Phi) is 1.93. The van der Waals surface area contributed by atoms with E-state index in [1.807, 2.05) is 41.1 Å². The Hall–Kier alpha value is -2.23. The molecule has 4 nitrogen and oxygen atoms in total. The summed E-state index contributed by atoms with van der Waals surface area (Å²) in [5, 5.41) is 5.31. The minimum Gasteiger partial charge on any atom is -0.497 e. The van der Waals surface area contributed by atoms with Crippen LogP contribution in [0.25, 0.3) is 16.6 Å². The lowest BCUT2D eigenvalue weighted by atomic mass is 10.2. The van der Waals surface area contributed by atoms with Gasteiger partial charge in [-0.1, -0.05) is 12.1 Å². The Labute approximate surface area is 92.6 Å². The first-order valence-corrected chi connectivity index (χ1v) is 5.08. The number of para-hydroxylation sites is 1. The number of ether oxygens (including phenoxy) is 1. The largest absolute Gasteiger partial charge is 0.497 e. The van der Waals surface area contributed by atoms with Gasteiger partial charge in [-0.05, 0) is 24.3 Å². The van der Waals surface area contributed by atoms with E-state index in [1.54, 1.807) is 6.26 Å². The van der Waals surface area contributed by atoms with Gasteiger partial charge in [-0.2, -0.15) is 0 Å². The van der Waals surface area contributed by atoms with E-state index in [4.69, 9.17) is 10.5 Å². The maximum Gasteiger partial charge on any atom is 0.153 e. The van der Waals surface area contributed by atoms with E-state index in [9.17, 15) is 0 Å². The zero-order valence-electron chi connectivity index (χ0n) is 8.63. The number of anilines is 1. The summed E-state index contributed by atoms with van der Waals surface area (Å²) in [5.74, 6) is 0.552. The monoisotopic (exact) mass is 213 g/mol. The van der Waals surface area contributed by atoms with E-state index in [0.717, 1.165) is 16.6 Å². The lowest BCUT2D eigenvalue weighted by Gasteiger charge is -2.08. The fourth-order valence-electron chi connectivity index (χ4n) is 1.82. The molecule has 0 fully saturated rings. The highest BCUT2D eigenvalue weighted by Crippen LogP contribution is 2.24. The molecule has 2 N–H and O–H groups in total. The van der Waals surface area contributed by atoms with Crippen molar-refractivity contribution in [2.45, 2.75) is 0 Å². The molecule has 0 atom stereocenters. The van der Waals surface area contributed by atoms with Crippen molar-refractivity contribution < 1.29 is 4.74 Å². The van der Waals surface area contributed by atoms with E-state index in [2.05, 4.69) is 5.10 Å². The second kappa shape index (κ2) is 3.41. The molecule has 0 spiro atoms. The summed E-state index contributed by atoms with van der Waals surface area (Å²) in [7, 11) is 0. The van der Waals surface area contributed by atoms with Gasteiger partial charge in [0.05, 0.1) is 17.5 Å². The van der Waals surface area contributed by atoms with Crippen LogP contribution in [-0.4, -0.2) is 16.4 Å². The van der Waals surface area contributed by atoms with Crippen LogP contribution >= 0.6 is 0 Å². The van der Waals surface area contributed by atoms with Crippen molar-refractivity contribution in [3.05, 3.63) is 42.7 Å². The average Bonchev–Trinajstić information content (AvgIpc) is 2.69. The Morgan fingerprint density at radius 2 is 2.19 bits per heavy atom. The fourth-order valence-corrected chi connectivity index (χ4v) is 1.82. The van der Waals surface area contributed by atoms with Crippen molar-refractivity contribution in [2.75, 3.05) is 12.3 Å². The highest BCUT2D eigenvalue weighted by atomic mass is 16.5. The average molecular weight is 213 g/mol. The summed E-state index contributed by atoms with van der Waals surface area (Å²) in [6, 6.07) is 7.91. The summed E-state index contributed by atoms with van der Waals surface area (Å²) >= 11 is 0. The van der Waals surface area contributed by atoms with Gasteiger partial charge in [0.2, 0.25) is 0 Å². The maximum absolute atomic E-state index is 5.87. The normalized spacial score (nSPS) is 14.9. The molecule has 0 amide bonds. The number of benzene rings is 1. The van der Waals surface area contributed by atoms with Crippen LogP contribution in [0, 0.1) is 0 Å². The highest BCUT2D eigenvalue weighted by molar-refractivity contribution is 5.91. The predicted molar refractivity (Wildman–Crippen MR) is 63.5 cm³/mol. The summed E-state index contributed by atoms with van der Waals surface area (Å²) in [6.07, 6.45) is 5.52. The number of nitrogens with two attached hydrogens (primary N) is 1. The van der Waals surface area contributed by atoms with E-state index in [0.29, 0.717) is 12.4 Å². The van der Waals surface area contributed by atoms with Gasteiger partial charge < -0.3 is 10.5 Å². The van der Waals surface area contributed by atoms with Crippen LogP contribution in [0.2, 0.25) is 0 Å². The van der Waals surface area contributed by atoms with E-state index in [1.165, 1.54) is 0 Å². The Bertz CT molecular complexity index is 595. The predicted octanol–water partition coefficient (Wildman–Crippen LogP) is 2.00. The molecule has 1 aromatic carbocycles. The minimum atomic E-state index is 0.552. The molecule has 0 aliphatic carbocycles. The van der Waals surface area contributed by atoms with Crippen molar-refractivity contribution in [3.63, 3.8) is 0 Å². The highest BCUT2D eigenvalue weighted by Gasteiger charge is 2.10. The molecule has 2 heterocycles. The zero-order chi connectivity index (χ0) is 11.0. The summed E-state index contributed by atoms with van der Waals surface area (Å²) < 4.78 is 6.95. The molecule has 0 saturated carbocycles. The van der Waals surface area contributed by atoms with Crippen LogP contribution in [0.15, 0.2) is 42.7 Å². The van der Waals surface area contributed by atoms with Gasteiger partial charge in [0.1, 0.15) is 6.61 Å². The third-order valence-electron chi connectivity index (χ3n) is 2.58. The zero-order valence-corrected chi connectivity index (χ0v) is 8.63. The molecule has 4 heteroatoms. The van der Waals surface area contributed by atoms with Crippen LogP contribution in [0.1, 0.15) is 0 Å². The first-order chi connectivity index (χ1) is 7.86. The molecule has 0 saturated heterocycles. The Balaban J connectivity index is 2.24. The van der Waals surface area contributed by atoms with Gasteiger partial charge >= 0.3 is 0 Å². The number of hydrogen-bond donors (Lipinski definition) is 1. The summed E-state index contributed by atoms with van der Waals surface area (Å²) in [6.45, 7) is 0.569. The standard InChI is InChI=1S/C12H11N3O/c13-12-10-3-1-2-4-11(10)15(14-12)9-5-7-16-8-6-9/h1-7H,8H2,(H2,13,14). The molecule has 2 aromatic rings. The number of allylic oxidation sites excluding steroid dienone is 2. The molecule has 0 unspecified atom stereocenters. The lowest BCUT2D eigenvalue weighted by Crippen LogP contribution is -2.02. The first-order valence-electron chi connectivity index (χ1n) is 5.08. The lowest BCUT2D eigenvalue weighted by molar-refractivity contribution is 0.286. The van der Waals surface area contributed by atoms with Crippen LogP contribution in [0.5, 0.6) is 0 Å². The van der Waals surface area contributed by atoms with Gasteiger partial charge in [-0.3, -0.25) is 0 Å². The molecule has 1 aliphatic rings. The number of hydrogen-bond acceptors (Lipinski definition) is 3. The fraction of sp³-hybridized carbons (Fsp3) is 0.0833. The van der Waals surface area contributed by atoms with Crippen LogP contribution < -0.4 is 5.73 Å². The number of nitrogens with zero attached hydrogens (tertiary/aromatic N) is 2. The minimum absolute atomic E-state index is 0.552. The smallest absolute Gasteiger partial charge is 0.153 e. The third-order valence-corrected chi connectivity index (χ3v) is 2.58. The number of aromatic nitrogens is 2. The molecule has 16 heavy (non-hydrogen) atoms. The van der Waals surface area contributed by atoms with E-state index >= 15 is 0 Å². The van der Waals surface area contributed by atoms with Crippen molar-refractivity contribution in [1.29, 1.82) is 0 Å². The quantitative estimate of drug-likeness (QED) is 0.788. The Morgan fingerprint density at radius 3 is 3.00 bits per heavy atom. The van der Waals surface area contributed by atoms with E-state index in [-0.39, 0.29) is 0 Å². The summed E-state index contributed by atoms with van der Waals surface area (Å²) in [5.41, 5.74) is 7.87. The number of rotatable bonds is 1. The van der Waals surface area contributed by atoms with E-state index < -0.39 is 0 Å². The van der Waals surface area contributed by atoms with Crippen LogP contribution in [0.4, 0.5) is 5.82 Å². The van der Waals surface area contributed by atoms with Gasteiger partial charge in [-0.25, -0.2) is 4.68 Å². The maximum atomic E-state index is 5.87. The van der Waals surface area contributed by atoms with Gasteiger partial charge in [0.25, 0.3) is 0 Å². The molecule has 3 rings (SSSR count). The van der Waals surface area contributed by atoms with Gasteiger partial charge in [0, 0.05) is 5.39 Å². The van der Waals surface area contributed by atoms with Gasteiger partial charge in [0.15, 0.2) is 5.82 Å². The number of nitrogen functional groups attached to an aromatic ring is 1. The molecule has 1 aromatic heterocycles. The molecular weight excluding hydrogens is 202 g/mol. The van der Waals surface area contributed by atoms with Crippen molar-refractivity contribution >= 4 is 22.4 Å². The third kappa shape index (κ3) is 1.27. The second-order valence-corrected chi connectivity index (χ2v) is 3.58. The molecule has 0 bridgehead atoms. The van der Waals surface area contributed by atoms with Crippen LogP contribution in [-0.2, 0) is 4.74 Å². The molecule has 80 valence electrons. The first kappa shape index (κ1) is 9.03. The molecule has 1 aliphatic heterocycles. The van der Waals surface area contributed by atoms with Crippen molar-refractivity contribution in [2.24, 2.45) is 0 Å². The second-order valence-electron chi connectivity index (χ2n) is 3.58. The number of fused-ring (bicyclic) bond motifs is 1. The van der Waals surface area contributed by atoms with Crippen molar-refractivity contribution in [1.82, 2.24) is 9.78 Å². The Morgan fingerprint density at radius 1 is 1.31 bits per heavy atom. The van der Waals surface area contributed by atoms with Crippen molar-refractivity contribution in [3.8, 4) is 0 Å².